The van der Waals surface area contributed by atoms with Gasteiger partial charge in [-0.05, 0) is 30.5 Å². The number of sulfone groups is 1. The number of hydrogen-bond acceptors (Lipinski definition) is 3. The Bertz CT molecular complexity index is 469. The van der Waals surface area contributed by atoms with E-state index >= 15 is 0 Å². The molecule has 0 aliphatic carbocycles. The second kappa shape index (κ2) is 5.06. The van der Waals surface area contributed by atoms with Crippen LogP contribution in [0.3, 0.4) is 0 Å². The summed E-state index contributed by atoms with van der Waals surface area (Å²) in [5.41, 5.74) is 5.97. The highest BCUT2D eigenvalue weighted by Crippen LogP contribution is 2.25. The number of nitrogen functional groups attached to an aromatic ring is 1. The number of benzene rings is 1. The smallest absolute Gasteiger partial charge is 0.179 e. The van der Waals surface area contributed by atoms with Crippen LogP contribution in [-0.2, 0) is 9.84 Å². The highest BCUT2D eigenvalue weighted by Gasteiger charge is 2.18. The molecule has 0 saturated heterocycles. The van der Waals surface area contributed by atoms with Gasteiger partial charge < -0.3 is 5.73 Å². The summed E-state index contributed by atoms with van der Waals surface area (Å²) in [5, 5.41) is 0.234. The largest absolute Gasteiger partial charge is 0.399 e. The first-order valence-corrected chi connectivity index (χ1v) is 7.14. The molecule has 0 amide bonds. The van der Waals surface area contributed by atoms with Crippen LogP contribution in [0.1, 0.15) is 20.3 Å². The summed E-state index contributed by atoms with van der Waals surface area (Å²) in [4.78, 5) is 0.134. The monoisotopic (exact) mass is 261 g/mol. The first kappa shape index (κ1) is 13.3. The Labute approximate surface area is 102 Å². The van der Waals surface area contributed by atoms with Crippen LogP contribution in [0.2, 0.25) is 5.02 Å². The Morgan fingerprint density at radius 3 is 2.56 bits per heavy atom. The standard InChI is InChI=1S/C11H16ClNO2S/c1-8(2)5-6-16(14,15)11-7-9(13)3-4-10(11)12/h3-4,7-8H,5-6,13H2,1-2H3. The molecule has 90 valence electrons. The van der Waals surface area contributed by atoms with Crippen molar-refractivity contribution in [1.29, 1.82) is 0 Å². The van der Waals surface area contributed by atoms with Crippen LogP contribution >= 0.6 is 11.6 Å². The number of nitrogens with two attached hydrogens (primary N) is 1. The predicted octanol–water partition coefficient (Wildman–Crippen LogP) is 2.74. The Morgan fingerprint density at radius 1 is 1.38 bits per heavy atom. The summed E-state index contributed by atoms with van der Waals surface area (Å²) >= 11 is 5.86. The third kappa shape index (κ3) is 3.39. The molecule has 0 fully saturated rings. The van der Waals surface area contributed by atoms with Crippen molar-refractivity contribution in [2.45, 2.75) is 25.2 Å². The molecule has 0 radical (unpaired) electrons. The van der Waals surface area contributed by atoms with E-state index in [1.807, 2.05) is 13.8 Å². The zero-order valence-electron chi connectivity index (χ0n) is 9.40. The van der Waals surface area contributed by atoms with Crippen LogP contribution in [0.15, 0.2) is 23.1 Å². The van der Waals surface area contributed by atoms with E-state index in [1.54, 1.807) is 6.07 Å². The predicted molar refractivity (Wildman–Crippen MR) is 67.4 cm³/mol. The Balaban J connectivity index is 3.02. The maximum Gasteiger partial charge on any atom is 0.179 e. The van der Waals surface area contributed by atoms with Gasteiger partial charge in [0.2, 0.25) is 0 Å². The quantitative estimate of drug-likeness (QED) is 0.848. The minimum Gasteiger partial charge on any atom is -0.399 e. The maximum atomic E-state index is 12.0. The van der Waals surface area contributed by atoms with Gasteiger partial charge in [0.05, 0.1) is 15.7 Å². The second-order valence-electron chi connectivity index (χ2n) is 4.19. The van der Waals surface area contributed by atoms with Crippen LogP contribution in [0.25, 0.3) is 0 Å². The number of rotatable bonds is 4. The molecule has 0 atom stereocenters. The lowest BCUT2D eigenvalue weighted by atomic mass is 10.2. The van der Waals surface area contributed by atoms with Crippen molar-refractivity contribution in [3.63, 3.8) is 0 Å². The Kier molecular flexibility index (Phi) is 4.21. The van der Waals surface area contributed by atoms with Gasteiger partial charge in [-0.3, -0.25) is 0 Å². The van der Waals surface area contributed by atoms with Gasteiger partial charge in [-0.15, -0.1) is 0 Å². The summed E-state index contributed by atoms with van der Waals surface area (Å²) < 4.78 is 23.9. The molecule has 5 heteroatoms. The lowest BCUT2D eigenvalue weighted by molar-refractivity contribution is 0.574. The van der Waals surface area contributed by atoms with Gasteiger partial charge in [-0.1, -0.05) is 25.4 Å². The van der Waals surface area contributed by atoms with Crippen molar-refractivity contribution in [1.82, 2.24) is 0 Å². The van der Waals surface area contributed by atoms with Crippen LogP contribution in [-0.4, -0.2) is 14.2 Å². The van der Waals surface area contributed by atoms with E-state index in [9.17, 15) is 8.42 Å². The fraction of sp³-hybridized carbons (Fsp3) is 0.455. The molecule has 3 nitrogen and oxygen atoms in total. The lowest BCUT2D eigenvalue weighted by Crippen LogP contribution is -2.10. The zero-order chi connectivity index (χ0) is 12.3. The summed E-state index contributed by atoms with van der Waals surface area (Å²) in [5.74, 6) is 0.447. The molecule has 0 aromatic heterocycles. The van der Waals surface area contributed by atoms with Crippen molar-refractivity contribution < 1.29 is 8.42 Å². The molecule has 0 heterocycles. The summed E-state index contributed by atoms with van der Waals surface area (Å²) in [6, 6.07) is 4.51. The van der Waals surface area contributed by atoms with Crippen molar-refractivity contribution in [2.24, 2.45) is 5.92 Å². The molecule has 0 saturated carbocycles. The highest BCUT2D eigenvalue weighted by molar-refractivity contribution is 7.91. The van der Waals surface area contributed by atoms with Crippen LogP contribution < -0.4 is 5.73 Å². The summed E-state index contributed by atoms with van der Waals surface area (Å²) in [6.45, 7) is 3.97. The first-order valence-electron chi connectivity index (χ1n) is 5.10. The molecule has 0 aliphatic rings. The van der Waals surface area contributed by atoms with Crippen molar-refractivity contribution >= 4 is 27.1 Å². The Hall–Kier alpha value is -0.740. The molecule has 0 spiro atoms. The van der Waals surface area contributed by atoms with Gasteiger partial charge in [0.1, 0.15) is 0 Å². The normalized spacial score (nSPS) is 12.0. The molecule has 1 aromatic rings. The first-order chi connectivity index (χ1) is 7.33. The molecule has 16 heavy (non-hydrogen) atoms. The lowest BCUT2D eigenvalue weighted by Gasteiger charge is -2.08. The zero-order valence-corrected chi connectivity index (χ0v) is 11.0. The number of anilines is 1. The third-order valence-corrected chi connectivity index (χ3v) is 4.48. The van der Waals surface area contributed by atoms with E-state index < -0.39 is 9.84 Å². The fourth-order valence-electron chi connectivity index (χ4n) is 1.26. The molecule has 0 bridgehead atoms. The van der Waals surface area contributed by atoms with Crippen LogP contribution in [0, 0.1) is 5.92 Å². The Morgan fingerprint density at radius 2 is 2.00 bits per heavy atom. The van der Waals surface area contributed by atoms with Crippen LogP contribution in [0.5, 0.6) is 0 Å². The minimum absolute atomic E-state index is 0.105. The molecule has 1 aromatic carbocycles. The second-order valence-corrected chi connectivity index (χ2v) is 6.68. The van der Waals surface area contributed by atoms with E-state index in [0.717, 1.165) is 0 Å². The summed E-state index contributed by atoms with van der Waals surface area (Å²) in [6.07, 6.45) is 0.619. The average molecular weight is 262 g/mol. The van der Waals surface area contributed by atoms with E-state index in [1.165, 1.54) is 12.1 Å². The van der Waals surface area contributed by atoms with E-state index in [4.69, 9.17) is 17.3 Å². The minimum atomic E-state index is -3.32. The van der Waals surface area contributed by atoms with Gasteiger partial charge in [-0.25, -0.2) is 8.42 Å². The molecule has 0 unspecified atom stereocenters. The molecular weight excluding hydrogens is 246 g/mol. The van der Waals surface area contributed by atoms with Gasteiger partial charge >= 0.3 is 0 Å². The van der Waals surface area contributed by atoms with Gasteiger partial charge in [0, 0.05) is 5.69 Å². The summed E-state index contributed by atoms with van der Waals surface area (Å²) in [7, 11) is -3.32. The third-order valence-electron chi connectivity index (χ3n) is 2.25. The molecule has 2 N–H and O–H groups in total. The van der Waals surface area contributed by atoms with Crippen molar-refractivity contribution in [3.8, 4) is 0 Å². The van der Waals surface area contributed by atoms with Gasteiger partial charge in [-0.2, -0.15) is 0 Å². The number of hydrogen-bond donors (Lipinski definition) is 1. The average Bonchev–Trinajstić information content (AvgIpc) is 2.19. The van der Waals surface area contributed by atoms with Crippen molar-refractivity contribution in [2.75, 3.05) is 11.5 Å². The number of halogens is 1. The van der Waals surface area contributed by atoms with Gasteiger partial charge in [0.15, 0.2) is 9.84 Å². The van der Waals surface area contributed by atoms with Gasteiger partial charge in [0.25, 0.3) is 0 Å². The fourth-order valence-corrected chi connectivity index (χ4v) is 3.41. The molecule has 1 rings (SSSR count). The molecule has 0 aliphatic heterocycles. The SMILES string of the molecule is CC(C)CCS(=O)(=O)c1cc(N)ccc1Cl. The molecular formula is C11H16ClNO2S. The topological polar surface area (TPSA) is 60.2 Å². The van der Waals surface area contributed by atoms with Crippen molar-refractivity contribution in [3.05, 3.63) is 23.2 Å². The highest BCUT2D eigenvalue weighted by atomic mass is 35.5. The van der Waals surface area contributed by atoms with Crippen LogP contribution in [0.4, 0.5) is 5.69 Å². The van der Waals surface area contributed by atoms with E-state index in [0.29, 0.717) is 18.0 Å². The maximum absolute atomic E-state index is 12.0. The van der Waals surface area contributed by atoms with E-state index in [2.05, 4.69) is 0 Å². The van der Waals surface area contributed by atoms with E-state index in [-0.39, 0.29) is 15.7 Å².